The molecule has 1 fully saturated rings. The minimum atomic E-state index is -0.537. The van der Waals surface area contributed by atoms with Crippen molar-refractivity contribution in [2.45, 2.75) is 30.6 Å². The van der Waals surface area contributed by atoms with Gasteiger partial charge >= 0.3 is 6.03 Å². The molecule has 1 aromatic carbocycles. The Morgan fingerprint density at radius 3 is 2.75 bits per heavy atom. The Kier molecular flexibility index (Phi) is 6.88. The van der Waals surface area contributed by atoms with Crippen molar-refractivity contribution < 1.29 is 19.1 Å². The Balaban J connectivity index is 1.79. The Morgan fingerprint density at radius 2 is 2.11 bits per heavy atom. The predicted octanol–water partition coefficient (Wildman–Crippen LogP) is 1.68. The summed E-state index contributed by atoms with van der Waals surface area (Å²) in [7, 11) is 3.07. The lowest BCUT2D eigenvalue weighted by Gasteiger charge is -2.15. The number of methoxy groups -OCH3 is 1. The van der Waals surface area contributed by atoms with Crippen molar-refractivity contribution in [1.82, 2.24) is 25.4 Å². The third-order valence-corrected chi connectivity index (χ3v) is 5.25. The number of nitrogens with one attached hydrogen (secondary N) is 2. The van der Waals surface area contributed by atoms with Crippen molar-refractivity contribution in [3.8, 4) is 17.1 Å². The number of rotatable bonds is 7. The Morgan fingerprint density at radius 1 is 1.32 bits per heavy atom. The molecule has 0 radical (unpaired) electrons. The van der Waals surface area contributed by atoms with E-state index in [1.54, 1.807) is 7.11 Å². The molecule has 0 spiro atoms. The maximum atomic E-state index is 11.9. The molecule has 1 aliphatic rings. The third-order valence-electron chi connectivity index (χ3n) is 4.29. The summed E-state index contributed by atoms with van der Waals surface area (Å²) in [4.78, 5) is 23.2. The van der Waals surface area contributed by atoms with Crippen LogP contribution in [0.25, 0.3) is 11.4 Å². The van der Waals surface area contributed by atoms with Gasteiger partial charge in [0, 0.05) is 19.2 Å². The van der Waals surface area contributed by atoms with Crippen molar-refractivity contribution >= 4 is 23.7 Å². The van der Waals surface area contributed by atoms with Gasteiger partial charge in [0.25, 0.3) is 0 Å². The Hall–Kier alpha value is -2.59. The highest BCUT2D eigenvalue weighted by Gasteiger charge is 2.22. The zero-order valence-electron chi connectivity index (χ0n) is 15.8. The van der Waals surface area contributed by atoms with Crippen LogP contribution >= 0.6 is 11.8 Å². The topological polar surface area (TPSA) is 107 Å². The molecule has 28 heavy (non-hydrogen) atoms. The van der Waals surface area contributed by atoms with Crippen LogP contribution in [0.5, 0.6) is 5.75 Å². The minimum absolute atomic E-state index is 0.0552. The molecule has 0 aliphatic carbocycles. The molecule has 0 bridgehead atoms. The highest BCUT2D eigenvalue weighted by Crippen LogP contribution is 2.27. The molecule has 3 amide bonds. The molecule has 0 unspecified atom stereocenters. The van der Waals surface area contributed by atoms with E-state index >= 15 is 0 Å². The van der Waals surface area contributed by atoms with Gasteiger partial charge in [0.15, 0.2) is 11.0 Å². The van der Waals surface area contributed by atoms with Gasteiger partial charge in [0.1, 0.15) is 5.75 Å². The number of thioether (sulfide) groups is 1. The van der Waals surface area contributed by atoms with E-state index in [-0.39, 0.29) is 11.9 Å². The molecular weight excluding hydrogens is 382 g/mol. The lowest BCUT2D eigenvalue weighted by Crippen LogP contribution is -2.38. The second-order valence-corrected chi connectivity index (χ2v) is 7.14. The lowest BCUT2D eigenvalue weighted by atomic mass is 10.2. The number of carbonyl (C=O) groups excluding carboxylic acids is 2. The first-order chi connectivity index (χ1) is 13.6. The molecule has 1 atom stereocenters. The minimum Gasteiger partial charge on any atom is -0.497 e. The highest BCUT2D eigenvalue weighted by atomic mass is 32.2. The molecule has 3 rings (SSSR count). The van der Waals surface area contributed by atoms with Crippen LogP contribution < -0.4 is 15.4 Å². The van der Waals surface area contributed by atoms with Gasteiger partial charge in [-0.2, -0.15) is 0 Å². The molecule has 0 saturated carbocycles. The maximum Gasteiger partial charge on any atom is 0.321 e. The molecule has 2 N–H and O–H groups in total. The van der Waals surface area contributed by atoms with Crippen molar-refractivity contribution in [1.29, 1.82) is 0 Å². The van der Waals surface area contributed by atoms with Crippen molar-refractivity contribution in [3.05, 3.63) is 24.3 Å². The van der Waals surface area contributed by atoms with Gasteiger partial charge < -0.3 is 14.8 Å². The zero-order valence-corrected chi connectivity index (χ0v) is 16.6. The summed E-state index contributed by atoms with van der Waals surface area (Å²) >= 11 is 1.23. The number of benzene rings is 1. The molecule has 150 valence electrons. The summed E-state index contributed by atoms with van der Waals surface area (Å²) in [6, 6.07) is 7.03. The number of aromatic nitrogens is 3. The van der Waals surface area contributed by atoms with E-state index in [1.807, 2.05) is 28.8 Å². The van der Waals surface area contributed by atoms with Gasteiger partial charge in [-0.3, -0.25) is 14.7 Å². The predicted molar refractivity (Wildman–Crippen MR) is 104 cm³/mol. The van der Waals surface area contributed by atoms with E-state index in [4.69, 9.17) is 9.47 Å². The molecule has 1 aromatic heterocycles. The number of hydrogen-bond acceptors (Lipinski definition) is 7. The van der Waals surface area contributed by atoms with Gasteiger partial charge in [0.2, 0.25) is 5.91 Å². The molecule has 1 aliphatic heterocycles. The van der Waals surface area contributed by atoms with Crippen molar-refractivity contribution in [2.75, 3.05) is 26.5 Å². The Bertz CT molecular complexity index is 818. The maximum absolute atomic E-state index is 11.9. The van der Waals surface area contributed by atoms with Gasteiger partial charge in [0.05, 0.1) is 25.5 Å². The van der Waals surface area contributed by atoms with E-state index in [0.29, 0.717) is 17.5 Å². The van der Waals surface area contributed by atoms with Crippen molar-refractivity contribution in [3.63, 3.8) is 0 Å². The fourth-order valence-corrected chi connectivity index (χ4v) is 3.61. The highest BCUT2D eigenvalue weighted by molar-refractivity contribution is 7.99. The molecular formula is C18H23N5O4S. The first kappa shape index (κ1) is 20.2. The fraction of sp³-hybridized carbons (Fsp3) is 0.444. The van der Waals surface area contributed by atoms with E-state index in [0.717, 1.165) is 30.8 Å². The van der Waals surface area contributed by atoms with Crippen LogP contribution in [0.4, 0.5) is 4.79 Å². The van der Waals surface area contributed by atoms with Crippen LogP contribution in [0.15, 0.2) is 29.4 Å². The number of ether oxygens (including phenoxy) is 2. The average molecular weight is 405 g/mol. The second kappa shape index (κ2) is 9.56. The second-order valence-electron chi connectivity index (χ2n) is 6.20. The average Bonchev–Trinajstić information content (AvgIpc) is 3.37. The summed E-state index contributed by atoms with van der Waals surface area (Å²) in [6.07, 6.45) is 2.09. The van der Waals surface area contributed by atoms with Crippen molar-refractivity contribution in [2.24, 2.45) is 0 Å². The number of amides is 3. The molecule has 1 saturated heterocycles. The van der Waals surface area contributed by atoms with Gasteiger partial charge in [-0.15, -0.1) is 10.2 Å². The zero-order chi connectivity index (χ0) is 19.9. The normalized spacial score (nSPS) is 16.0. The summed E-state index contributed by atoms with van der Waals surface area (Å²) in [6.45, 7) is 1.36. The van der Waals surface area contributed by atoms with Gasteiger partial charge in [-0.25, -0.2) is 4.79 Å². The molecule has 9 nitrogen and oxygen atoms in total. The molecule has 2 aromatic rings. The standard InChI is InChI=1S/C18H23N5O4S/c1-19-17(25)20-15(24)11-28-18-22-21-16(12-5-7-13(26-2)8-6-12)23(18)10-14-4-3-9-27-14/h5-8,14H,3-4,9-11H2,1-2H3,(H2,19,20,24,25)/t14-/m1/s1. The van der Waals surface area contributed by atoms with Crippen LogP contribution in [0.3, 0.4) is 0 Å². The summed E-state index contributed by atoms with van der Waals surface area (Å²) < 4.78 is 12.9. The van der Waals surface area contributed by atoms with Gasteiger partial charge in [-0.1, -0.05) is 11.8 Å². The summed E-state index contributed by atoms with van der Waals surface area (Å²) in [5, 5.41) is 13.8. The smallest absolute Gasteiger partial charge is 0.321 e. The first-order valence-corrected chi connectivity index (χ1v) is 9.93. The van der Waals surface area contributed by atoms with Crippen LogP contribution in [0.1, 0.15) is 12.8 Å². The number of imide groups is 1. The summed E-state index contributed by atoms with van der Waals surface area (Å²) in [5.74, 6) is 1.11. The molecule has 10 heteroatoms. The van der Waals surface area contributed by atoms with E-state index in [9.17, 15) is 9.59 Å². The van der Waals surface area contributed by atoms with Crippen LogP contribution in [0.2, 0.25) is 0 Å². The monoisotopic (exact) mass is 405 g/mol. The summed E-state index contributed by atoms with van der Waals surface area (Å²) in [5.41, 5.74) is 0.896. The Labute approximate surface area is 167 Å². The van der Waals surface area contributed by atoms with E-state index in [1.165, 1.54) is 18.8 Å². The first-order valence-electron chi connectivity index (χ1n) is 8.94. The van der Waals surface area contributed by atoms with E-state index in [2.05, 4.69) is 20.8 Å². The van der Waals surface area contributed by atoms with Gasteiger partial charge in [-0.05, 0) is 37.1 Å². The van der Waals surface area contributed by atoms with Crippen LogP contribution in [-0.2, 0) is 16.1 Å². The molecule has 2 heterocycles. The lowest BCUT2D eigenvalue weighted by molar-refractivity contribution is -0.117. The number of hydrogen-bond donors (Lipinski definition) is 2. The number of urea groups is 1. The fourth-order valence-electron chi connectivity index (χ4n) is 2.86. The van der Waals surface area contributed by atoms with Crippen LogP contribution in [0, 0.1) is 0 Å². The van der Waals surface area contributed by atoms with Crippen LogP contribution in [-0.4, -0.2) is 59.3 Å². The number of nitrogens with zero attached hydrogens (tertiary/aromatic N) is 3. The quantitative estimate of drug-likeness (QED) is 0.675. The SMILES string of the molecule is CNC(=O)NC(=O)CSc1nnc(-c2ccc(OC)cc2)n1C[C@H]1CCCO1. The largest absolute Gasteiger partial charge is 0.497 e. The van der Waals surface area contributed by atoms with E-state index < -0.39 is 11.9 Å². The number of carbonyl (C=O) groups is 2. The third kappa shape index (κ3) is 5.02.